The van der Waals surface area contributed by atoms with Gasteiger partial charge in [0.2, 0.25) is 11.5 Å². The minimum Gasteiger partial charge on any atom is -0.457 e. The lowest BCUT2D eigenvalue weighted by Crippen LogP contribution is -2.39. The number of hydrogen-bond acceptors (Lipinski definition) is 9. The number of aromatic nitrogens is 2. The molecule has 1 saturated heterocycles. The van der Waals surface area contributed by atoms with Crippen LogP contribution in [0.1, 0.15) is 35.1 Å². The topological polar surface area (TPSA) is 130 Å². The van der Waals surface area contributed by atoms with Crippen molar-refractivity contribution in [2.45, 2.75) is 39.3 Å². The molecular weight excluding hydrogens is 472 g/mol. The van der Waals surface area contributed by atoms with Crippen molar-refractivity contribution in [3.63, 3.8) is 0 Å². The average Bonchev–Trinajstić information content (AvgIpc) is 3.36. The van der Waals surface area contributed by atoms with Gasteiger partial charge in [-0.25, -0.2) is 4.98 Å². The second-order valence-electron chi connectivity index (χ2n) is 9.26. The van der Waals surface area contributed by atoms with Crippen LogP contribution in [0.25, 0.3) is 11.1 Å². The van der Waals surface area contributed by atoms with E-state index < -0.39 is 0 Å². The predicted molar refractivity (Wildman–Crippen MR) is 138 cm³/mol. The lowest BCUT2D eigenvalue weighted by molar-refractivity contribution is -0.384. The summed E-state index contributed by atoms with van der Waals surface area (Å²) < 4.78 is 11.8. The number of furan rings is 1. The second-order valence-corrected chi connectivity index (χ2v) is 9.26. The summed E-state index contributed by atoms with van der Waals surface area (Å²) in [6.07, 6.45) is 3.37. The molecule has 0 aliphatic carbocycles. The molecule has 0 unspecified atom stereocenters. The van der Waals surface area contributed by atoms with Crippen molar-refractivity contribution >= 4 is 22.7 Å². The Hall–Kier alpha value is -4.49. The number of piperidine rings is 1. The number of aryl methyl sites for hydroxylation is 2. The molecule has 37 heavy (non-hydrogen) atoms. The van der Waals surface area contributed by atoms with Gasteiger partial charge in [0.05, 0.1) is 22.8 Å². The fourth-order valence-electron chi connectivity index (χ4n) is 4.64. The van der Waals surface area contributed by atoms with Gasteiger partial charge in [0.25, 0.3) is 11.6 Å². The Morgan fingerprint density at radius 2 is 1.86 bits per heavy atom. The molecule has 0 radical (unpaired) electrons. The highest BCUT2D eigenvalue weighted by atomic mass is 16.6. The van der Waals surface area contributed by atoms with Crippen LogP contribution in [-0.4, -0.2) is 38.9 Å². The monoisotopic (exact) mass is 498 g/mol. The van der Waals surface area contributed by atoms with E-state index in [-0.39, 0.29) is 16.7 Å². The van der Waals surface area contributed by atoms with E-state index in [1.807, 2.05) is 26.0 Å². The van der Waals surface area contributed by atoms with Gasteiger partial charge in [0.15, 0.2) is 0 Å². The molecule has 2 aromatic carbocycles. The zero-order valence-corrected chi connectivity index (χ0v) is 20.6. The summed E-state index contributed by atoms with van der Waals surface area (Å²) in [7, 11) is 0. The lowest BCUT2D eigenvalue weighted by Gasteiger charge is -2.32. The van der Waals surface area contributed by atoms with Crippen molar-refractivity contribution in [1.82, 2.24) is 14.9 Å². The summed E-state index contributed by atoms with van der Waals surface area (Å²) >= 11 is 0. The van der Waals surface area contributed by atoms with Crippen molar-refractivity contribution in [3.8, 4) is 17.7 Å². The third-order valence-electron chi connectivity index (χ3n) is 6.53. The fourth-order valence-corrected chi connectivity index (χ4v) is 4.64. The fraction of sp³-hybridized carbons (Fsp3) is 0.296. The second kappa shape index (κ2) is 10.2. The maximum Gasteiger partial charge on any atom is 0.269 e. The van der Waals surface area contributed by atoms with Crippen LogP contribution in [0.3, 0.4) is 0 Å². The number of fused-ring (bicyclic) bond motifs is 1. The van der Waals surface area contributed by atoms with Crippen LogP contribution in [0.2, 0.25) is 0 Å². The Bertz CT molecular complexity index is 1460. The highest BCUT2D eigenvalue weighted by Gasteiger charge is 2.22. The third-order valence-corrected chi connectivity index (χ3v) is 6.53. The van der Waals surface area contributed by atoms with E-state index in [4.69, 9.17) is 9.15 Å². The number of benzene rings is 2. The van der Waals surface area contributed by atoms with Crippen LogP contribution in [0.5, 0.6) is 11.6 Å². The van der Waals surface area contributed by atoms with Gasteiger partial charge in [-0.2, -0.15) is 10.2 Å². The van der Waals surface area contributed by atoms with Crippen molar-refractivity contribution in [2.75, 3.05) is 18.4 Å². The van der Waals surface area contributed by atoms with Gasteiger partial charge in [-0.05, 0) is 55.5 Å². The minimum atomic E-state index is -0.382. The molecule has 0 bridgehead atoms. The Kier molecular flexibility index (Phi) is 6.70. The molecule has 2 aromatic heterocycles. The van der Waals surface area contributed by atoms with Gasteiger partial charge < -0.3 is 14.5 Å². The summed E-state index contributed by atoms with van der Waals surface area (Å²) in [5.74, 6) is 1.44. The first kappa shape index (κ1) is 24.2. The number of hydrogen-bond donors (Lipinski definition) is 1. The van der Waals surface area contributed by atoms with Crippen molar-refractivity contribution < 1.29 is 14.1 Å². The SMILES string of the molecule is Cc1cc(C#N)cc(C)c1Oc1nc(NC2CCN(Cc3ccc([N+](=O)[O-])cc3)CC2)nc2ccoc12. The van der Waals surface area contributed by atoms with E-state index >= 15 is 0 Å². The van der Waals surface area contributed by atoms with Crippen LogP contribution in [0.15, 0.2) is 53.1 Å². The van der Waals surface area contributed by atoms with E-state index in [9.17, 15) is 15.4 Å². The van der Waals surface area contributed by atoms with Gasteiger partial charge in [-0.3, -0.25) is 15.0 Å². The number of nitrogens with one attached hydrogen (secondary N) is 1. The Morgan fingerprint density at radius 3 is 2.51 bits per heavy atom. The molecule has 10 nitrogen and oxygen atoms in total. The van der Waals surface area contributed by atoms with E-state index in [0.29, 0.717) is 34.2 Å². The van der Waals surface area contributed by atoms with Crippen LogP contribution in [0, 0.1) is 35.3 Å². The lowest BCUT2D eigenvalue weighted by atomic mass is 10.0. The highest BCUT2D eigenvalue weighted by Crippen LogP contribution is 2.34. The molecule has 1 aliphatic heterocycles. The van der Waals surface area contributed by atoms with Gasteiger partial charge in [0.1, 0.15) is 11.3 Å². The molecule has 3 heterocycles. The summed E-state index contributed by atoms with van der Waals surface area (Å²) in [4.78, 5) is 22.1. The molecule has 4 aromatic rings. The van der Waals surface area contributed by atoms with Crippen LogP contribution >= 0.6 is 0 Å². The van der Waals surface area contributed by atoms with Crippen LogP contribution < -0.4 is 10.1 Å². The standard InChI is InChI=1S/C27H26N6O4/c1-17-13-20(15-28)14-18(2)24(17)37-26-25-23(9-12-36-25)30-27(31-26)29-21-7-10-32(11-8-21)16-19-3-5-22(6-4-19)33(34)35/h3-6,9,12-14,21H,7-8,10-11,16H2,1-2H3,(H,29,30,31). The quantitative estimate of drug-likeness (QED) is 0.260. The molecule has 0 amide bonds. The number of ether oxygens (including phenoxy) is 1. The van der Waals surface area contributed by atoms with Crippen molar-refractivity contribution in [2.24, 2.45) is 0 Å². The first-order chi connectivity index (χ1) is 17.9. The summed E-state index contributed by atoms with van der Waals surface area (Å²) in [6, 6.07) is 14.4. The number of nitrogens with zero attached hydrogens (tertiary/aromatic N) is 5. The number of nitro benzene ring substituents is 1. The maximum absolute atomic E-state index is 10.9. The van der Waals surface area contributed by atoms with E-state index in [0.717, 1.165) is 49.2 Å². The van der Waals surface area contributed by atoms with Crippen molar-refractivity contribution in [3.05, 3.63) is 81.1 Å². The first-order valence-electron chi connectivity index (χ1n) is 12.1. The predicted octanol–water partition coefficient (Wildman–Crippen LogP) is 5.49. The third kappa shape index (κ3) is 5.37. The number of nitro groups is 1. The minimum absolute atomic E-state index is 0.106. The molecule has 5 rings (SSSR count). The molecular formula is C27H26N6O4. The normalized spacial score (nSPS) is 14.4. The Labute approximate surface area is 213 Å². The molecule has 10 heteroatoms. The Morgan fingerprint density at radius 1 is 1.16 bits per heavy atom. The molecule has 0 spiro atoms. The highest BCUT2D eigenvalue weighted by molar-refractivity contribution is 5.79. The van der Waals surface area contributed by atoms with Gasteiger partial charge in [-0.1, -0.05) is 12.1 Å². The van der Waals surface area contributed by atoms with Gasteiger partial charge in [0, 0.05) is 43.9 Å². The zero-order valence-electron chi connectivity index (χ0n) is 20.6. The van der Waals surface area contributed by atoms with Crippen LogP contribution in [0.4, 0.5) is 11.6 Å². The molecule has 0 saturated carbocycles. The molecule has 1 fully saturated rings. The largest absolute Gasteiger partial charge is 0.457 e. The molecule has 0 atom stereocenters. The van der Waals surface area contributed by atoms with E-state index in [1.54, 1.807) is 36.6 Å². The number of rotatable bonds is 7. The summed E-state index contributed by atoms with van der Waals surface area (Å²) in [5.41, 5.74) is 4.53. The average molecular weight is 499 g/mol. The van der Waals surface area contributed by atoms with Crippen molar-refractivity contribution in [1.29, 1.82) is 5.26 Å². The summed E-state index contributed by atoms with van der Waals surface area (Å²) in [6.45, 7) is 6.31. The number of anilines is 1. The first-order valence-corrected chi connectivity index (χ1v) is 12.1. The number of likely N-dealkylation sites (tertiary alicyclic amines) is 1. The zero-order chi connectivity index (χ0) is 25.9. The number of nitriles is 1. The molecule has 1 aliphatic rings. The Balaban J connectivity index is 1.26. The smallest absolute Gasteiger partial charge is 0.269 e. The molecule has 1 N–H and O–H groups in total. The summed E-state index contributed by atoms with van der Waals surface area (Å²) in [5, 5.41) is 23.5. The van der Waals surface area contributed by atoms with Gasteiger partial charge >= 0.3 is 0 Å². The van der Waals surface area contributed by atoms with Crippen LogP contribution in [-0.2, 0) is 6.54 Å². The maximum atomic E-state index is 10.9. The van der Waals surface area contributed by atoms with E-state index in [1.165, 1.54) is 0 Å². The van der Waals surface area contributed by atoms with Gasteiger partial charge in [-0.15, -0.1) is 0 Å². The van der Waals surface area contributed by atoms with E-state index in [2.05, 4.69) is 26.3 Å². The number of non-ortho nitro benzene ring substituents is 1. The molecule has 188 valence electrons.